The maximum Gasteiger partial charge on any atom is 0.233 e. The normalized spacial score (nSPS) is 10.1. The number of anilines is 2. The third kappa shape index (κ3) is 5.83. The lowest BCUT2D eigenvalue weighted by molar-refractivity contribution is -0.123. The van der Waals surface area contributed by atoms with Gasteiger partial charge >= 0.3 is 0 Å². The molecule has 136 valence electrons. The Morgan fingerprint density at radius 1 is 0.852 bits per heavy atom. The number of ether oxygens (including phenoxy) is 1. The molecule has 6 nitrogen and oxygen atoms in total. The first kappa shape index (κ1) is 18.4. The number of hydrogen-bond acceptors (Lipinski definition) is 4. The average Bonchev–Trinajstić information content (AvgIpc) is 2.62. The molecular formula is C20H16ClN3O3. The van der Waals surface area contributed by atoms with E-state index in [9.17, 15) is 9.59 Å². The Balaban J connectivity index is 1.56. The maximum atomic E-state index is 12.1. The molecule has 0 unspecified atom stereocenters. The zero-order valence-electron chi connectivity index (χ0n) is 14.2. The van der Waals surface area contributed by atoms with Crippen LogP contribution < -0.4 is 15.4 Å². The van der Waals surface area contributed by atoms with Crippen molar-refractivity contribution in [3.05, 3.63) is 78.1 Å². The molecule has 2 N–H and O–H groups in total. The predicted molar refractivity (Wildman–Crippen MR) is 104 cm³/mol. The van der Waals surface area contributed by atoms with Crippen LogP contribution in [0, 0.1) is 0 Å². The maximum absolute atomic E-state index is 12.1. The number of amides is 2. The quantitative estimate of drug-likeness (QED) is 0.616. The van der Waals surface area contributed by atoms with E-state index in [1.165, 1.54) is 0 Å². The van der Waals surface area contributed by atoms with Gasteiger partial charge in [-0.25, -0.2) is 0 Å². The molecule has 0 aliphatic rings. The van der Waals surface area contributed by atoms with Gasteiger partial charge in [-0.05, 0) is 42.5 Å². The molecule has 1 aromatic heterocycles. The number of pyridine rings is 1. The lowest BCUT2D eigenvalue weighted by Gasteiger charge is -2.09. The number of carbonyl (C=O) groups is 2. The van der Waals surface area contributed by atoms with Gasteiger partial charge in [0.15, 0.2) is 0 Å². The molecule has 0 saturated carbocycles. The smallest absolute Gasteiger partial charge is 0.233 e. The molecule has 3 rings (SSSR count). The lowest BCUT2D eigenvalue weighted by atomic mass is 10.2. The van der Waals surface area contributed by atoms with E-state index in [0.717, 1.165) is 0 Å². The van der Waals surface area contributed by atoms with E-state index in [1.807, 2.05) is 0 Å². The van der Waals surface area contributed by atoms with Crippen molar-refractivity contribution < 1.29 is 14.3 Å². The molecule has 0 saturated heterocycles. The largest absolute Gasteiger partial charge is 0.457 e. The second kappa shape index (κ2) is 8.82. The van der Waals surface area contributed by atoms with E-state index < -0.39 is 11.8 Å². The van der Waals surface area contributed by atoms with Crippen molar-refractivity contribution in [3.63, 3.8) is 0 Å². The number of nitrogens with one attached hydrogen (secondary N) is 2. The van der Waals surface area contributed by atoms with Crippen LogP contribution in [0.5, 0.6) is 11.5 Å². The molecule has 7 heteroatoms. The van der Waals surface area contributed by atoms with Crippen LogP contribution in [-0.2, 0) is 9.59 Å². The first-order valence-corrected chi connectivity index (χ1v) is 8.49. The van der Waals surface area contributed by atoms with Crippen molar-refractivity contribution in [1.29, 1.82) is 0 Å². The Labute approximate surface area is 161 Å². The summed E-state index contributed by atoms with van der Waals surface area (Å²) < 4.78 is 5.69. The van der Waals surface area contributed by atoms with Gasteiger partial charge in [-0.1, -0.05) is 23.7 Å². The Morgan fingerprint density at radius 3 is 2.15 bits per heavy atom. The van der Waals surface area contributed by atoms with Crippen molar-refractivity contribution in [2.75, 3.05) is 10.6 Å². The first-order valence-electron chi connectivity index (χ1n) is 8.12. The molecule has 2 aromatic carbocycles. The molecule has 0 bridgehead atoms. The van der Waals surface area contributed by atoms with E-state index in [-0.39, 0.29) is 6.42 Å². The second-order valence-corrected chi connectivity index (χ2v) is 6.03. The summed E-state index contributed by atoms with van der Waals surface area (Å²) in [4.78, 5) is 28.0. The second-order valence-electron chi connectivity index (χ2n) is 5.60. The number of halogens is 1. The average molecular weight is 382 g/mol. The van der Waals surface area contributed by atoms with Gasteiger partial charge in [0.05, 0.1) is 0 Å². The van der Waals surface area contributed by atoms with Crippen LogP contribution in [0.25, 0.3) is 0 Å². The minimum Gasteiger partial charge on any atom is -0.457 e. The molecule has 2 amide bonds. The van der Waals surface area contributed by atoms with Crippen molar-refractivity contribution in [3.8, 4) is 11.5 Å². The fourth-order valence-electron chi connectivity index (χ4n) is 2.30. The highest BCUT2D eigenvalue weighted by atomic mass is 35.5. The van der Waals surface area contributed by atoms with Gasteiger partial charge in [0.25, 0.3) is 0 Å². The summed E-state index contributed by atoms with van der Waals surface area (Å²) in [5.41, 5.74) is 1.06. The summed E-state index contributed by atoms with van der Waals surface area (Å²) >= 11 is 5.87. The van der Waals surface area contributed by atoms with Gasteiger partial charge in [0.1, 0.15) is 17.9 Å². The third-order valence-corrected chi connectivity index (χ3v) is 3.67. The highest BCUT2D eigenvalue weighted by molar-refractivity contribution is 6.30. The van der Waals surface area contributed by atoms with Crippen molar-refractivity contribution in [2.24, 2.45) is 0 Å². The van der Waals surface area contributed by atoms with E-state index in [4.69, 9.17) is 16.3 Å². The standard InChI is InChI=1S/C20H16ClN3O3/c21-14-3-1-4-15(11-14)23-19(25)13-20(26)24-16-5-2-6-18(12-16)27-17-7-9-22-10-8-17/h1-12H,13H2,(H,23,25)(H,24,26). The molecule has 0 radical (unpaired) electrons. The number of rotatable bonds is 6. The van der Waals surface area contributed by atoms with E-state index >= 15 is 0 Å². The van der Waals surface area contributed by atoms with E-state index in [1.54, 1.807) is 73.1 Å². The number of hydrogen-bond donors (Lipinski definition) is 2. The highest BCUT2D eigenvalue weighted by Gasteiger charge is 2.11. The van der Waals surface area contributed by atoms with Gasteiger partial charge in [-0.3, -0.25) is 14.6 Å². The van der Waals surface area contributed by atoms with Crippen LogP contribution in [-0.4, -0.2) is 16.8 Å². The van der Waals surface area contributed by atoms with Gasteiger partial charge in [-0.15, -0.1) is 0 Å². The molecule has 27 heavy (non-hydrogen) atoms. The van der Waals surface area contributed by atoms with Crippen molar-refractivity contribution >= 4 is 34.8 Å². The number of carbonyl (C=O) groups excluding carboxylic acids is 2. The van der Waals surface area contributed by atoms with Gasteiger partial charge in [0.2, 0.25) is 11.8 Å². The monoisotopic (exact) mass is 381 g/mol. The predicted octanol–water partition coefficient (Wildman–Crippen LogP) is 4.49. The Bertz CT molecular complexity index is 948. The topological polar surface area (TPSA) is 80.3 Å². The molecule has 0 atom stereocenters. The van der Waals surface area contributed by atoms with Crippen LogP contribution >= 0.6 is 11.6 Å². The van der Waals surface area contributed by atoms with Crippen LogP contribution in [0.2, 0.25) is 5.02 Å². The third-order valence-electron chi connectivity index (χ3n) is 3.43. The molecule has 3 aromatic rings. The van der Waals surface area contributed by atoms with Gasteiger partial charge in [0, 0.05) is 34.9 Å². The van der Waals surface area contributed by atoms with Crippen LogP contribution in [0.4, 0.5) is 11.4 Å². The molecule has 0 fully saturated rings. The van der Waals surface area contributed by atoms with Crippen LogP contribution in [0.15, 0.2) is 73.1 Å². The summed E-state index contributed by atoms with van der Waals surface area (Å²) in [6.45, 7) is 0. The summed E-state index contributed by atoms with van der Waals surface area (Å²) in [7, 11) is 0. The van der Waals surface area contributed by atoms with Crippen LogP contribution in [0.1, 0.15) is 6.42 Å². The summed E-state index contributed by atoms with van der Waals surface area (Å²) in [6.07, 6.45) is 2.93. The van der Waals surface area contributed by atoms with Crippen molar-refractivity contribution in [2.45, 2.75) is 6.42 Å². The summed E-state index contributed by atoms with van der Waals surface area (Å²) in [5.74, 6) is 0.325. The minimum atomic E-state index is -0.435. The highest BCUT2D eigenvalue weighted by Crippen LogP contribution is 2.23. The molecular weight excluding hydrogens is 366 g/mol. The minimum absolute atomic E-state index is 0.318. The Kier molecular flexibility index (Phi) is 6.02. The molecule has 1 heterocycles. The lowest BCUT2D eigenvalue weighted by Crippen LogP contribution is -2.21. The van der Waals surface area contributed by atoms with Gasteiger partial charge < -0.3 is 15.4 Å². The Morgan fingerprint density at radius 2 is 1.48 bits per heavy atom. The molecule has 0 aliphatic carbocycles. The first-order chi connectivity index (χ1) is 13.1. The molecule has 0 aliphatic heterocycles. The van der Waals surface area contributed by atoms with Gasteiger partial charge in [-0.2, -0.15) is 0 Å². The fourth-order valence-corrected chi connectivity index (χ4v) is 2.49. The van der Waals surface area contributed by atoms with Crippen molar-refractivity contribution in [1.82, 2.24) is 4.98 Å². The number of nitrogens with zero attached hydrogens (tertiary/aromatic N) is 1. The zero-order chi connectivity index (χ0) is 19.1. The number of aromatic nitrogens is 1. The fraction of sp³-hybridized carbons (Fsp3) is 0.0500. The summed E-state index contributed by atoms with van der Waals surface area (Å²) in [5, 5.41) is 5.81. The molecule has 0 spiro atoms. The zero-order valence-corrected chi connectivity index (χ0v) is 14.9. The summed E-state index contributed by atoms with van der Waals surface area (Å²) in [6, 6.07) is 17.1. The van der Waals surface area contributed by atoms with E-state index in [2.05, 4.69) is 15.6 Å². The SMILES string of the molecule is O=C(CC(=O)Nc1cccc(Oc2ccncc2)c1)Nc1cccc(Cl)c1. The van der Waals surface area contributed by atoms with E-state index in [0.29, 0.717) is 27.9 Å². The number of benzene rings is 2. The Hall–Kier alpha value is -3.38. The van der Waals surface area contributed by atoms with Crippen LogP contribution in [0.3, 0.4) is 0 Å².